The molecule has 0 rings (SSSR count). The average Bonchev–Trinajstić information content (AvgIpc) is 2.65. The number of ether oxygens (including phenoxy) is 1. The van der Waals surface area contributed by atoms with E-state index in [1.54, 1.807) is 0 Å². The molecule has 0 aromatic carbocycles. The molecule has 0 N–H and O–H groups in total. The van der Waals surface area contributed by atoms with E-state index in [1.165, 1.54) is 38.5 Å². The normalized spacial score (nSPS) is 14.1. The number of hydrogen-bond donors (Lipinski definition) is 0. The second kappa shape index (κ2) is 14.5. The molecule has 0 aliphatic carbocycles. The van der Waals surface area contributed by atoms with Gasteiger partial charge >= 0.3 is 128 Å². The summed E-state index contributed by atoms with van der Waals surface area (Å²) in [6.45, 7) is 6.38. The summed E-state index contributed by atoms with van der Waals surface area (Å²) in [5.41, 5.74) is 0. The third kappa shape index (κ3) is 11.2. The van der Waals surface area contributed by atoms with E-state index in [2.05, 4.69) is 13.8 Å². The topological polar surface area (TPSA) is 9.23 Å². The first-order valence-corrected chi connectivity index (χ1v) is 14.1. The van der Waals surface area contributed by atoms with Crippen molar-refractivity contribution >= 4 is 21.1 Å². The Labute approximate surface area is 198 Å². The monoisotopic (exact) mass is 644 g/mol. The minimum absolute atomic E-state index is 0.970. The molecule has 2 radical (unpaired) electrons. The molecule has 0 aromatic rings. The van der Waals surface area contributed by atoms with E-state index in [4.69, 9.17) is 4.74 Å². The summed E-state index contributed by atoms with van der Waals surface area (Å²) in [5.74, 6) is -25.0. The summed E-state index contributed by atoms with van der Waals surface area (Å²) < 4.78 is 171. The van der Waals surface area contributed by atoms with Gasteiger partial charge in [0.05, 0.1) is 0 Å². The average molecular weight is 643 g/mol. The molecule has 34 heavy (non-hydrogen) atoms. The van der Waals surface area contributed by atoms with Gasteiger partial charge < -0.3 is 4.74 Å². The predicted octanol–water partition coefficient (Wildman–Crippen LogP) is 8.58. The van der Waals surface area contributed by atoms with Crippen LogP contribution in [0.25, 0.3) is 0 Å². The quantitative estimate of drug-likeness (QED) is 0.105. The Morgan fingerprint density at radius 1 is 0.500 bits per heavy atom. The number of alkyl halides is 14. The van der Waals surface area contributed by atoms with Crippen LogP contribution in [0, 0.1) is 0 Å². The zero-order valence-corrected chi connectivity index (χ0v) is 21.1. The van der Waals surface area contributed by atoms with Crippen molar-refractivity contribution in [2.24, 2.45) is 0 Å². The number of halogens is 14. The van der Waals surface area contributed by atoms with Gasteiger partial charge in [-0.15, -0.1) is 0 Å². The predicted molar refractivity (Wildman–Crippen MR) is 97.1 cm³/mol. The molecule has 16 heteroatoms. The first-order chi connectivity index (χ1) is 15.1. The minimum atomic E-state index is -6.74. The Kier molecular flexibility index (Phi) is 15.3. The van der Waals surface area contributed by atoms with E-state index >= 15 is 0 Å². The second-order valence-electron chi connectivity index (χ2n) is 7.18. The van der Waals surface area contributed by atoms with Gasteiger partial charge in [0, 0.05) is 13.2 Å². The molecule has 0 atom stereocenters. The summed E-state index contributed by atoms with van der Waals surface area (Å²) >= 11 is -3.84. The summed E-state index contributed by atoms with van der Waals surface area (Å²) in [7, 11) is 0. The Morgan fingerprint density at radius 3 is 1.03 bits per heavy atom. The summed E-state index contributed by atoms with van der Waals surface area (Å²) in [6.07, 6.45) is -5.80. The van der Waals surface area contributed by atoms with Gasteiger partial charge in [0.2, 0.25) is 0 Å². The first kappa shape index (κ1) is 35.9. The third-order valence-electron chi connectivity index (χ3n) is 4.11. The molecule has 1 nitrogen and oxygen atoms in total. The van der Waals surface area contributed by atoms with Crippen molar-refractivity contribution in [3.8, 4) is 0 Å². The van der Waals surface area contributed by atoms with Crippen LogP contribution >= 0.6 is 0 Å². The van der Waals surface area contributed by atoms with E-state index in [-0.39, 0.29) is 0 Å². The molecule has 0 bridgehead atoms. The molecule has 0 aliphatic rings. The fraction of sp³-hybridized carbons (Fsp3) is 1.00. The van der Waals surface area contributed by atoms with Crippen LogP contribution in [0.3, 0.4) is 0 Å². The van der Waals surface area contributed by atoms with Crippen LogP contribution in [0.2, 0.25) is 8.87 Å². The third-order valence-corrected chi connectivity index (χ3v) is 8.07. The Balaban J connectivity index is 0. The number of unbranched alkanes of at least 4 members (excludes halogenated alkanes) is 4. The zero-order chi connectivity index (χ0) is 27.5. The number of rotatable bonds is 14. The molecule has 0 fully saturated rings. The van der Waals surface area contributed by atoms with Crippen molar-refractivity contribution in [3.63, 3.8) is 0 Å². The fourth-order valence-corrected chi connectivity index (χ4v) is 5.44. The van der Waals surface area contributed by atoms with E-state index < -0.39 is 66.1 Å². The van der Waals surface area contributed by atoms with Crippen molar-refractivity contribution in [2.45, 2.75) is 97.3 Å². The summed E-state index contributed by atoms with van der Waals surface area (Å²) in [4.78, 5) is 0. The van der Waals surface area contributed by atoms with Crippen LogP contribution in [0.4, 0.5) is 61.5 Å². The molecule has 0 aromatic heterocycles. The molecule has 0 amide bonds. The Hall–Kier alpha value is -0.221. The maximum absolute atomic E-state index is 12.7. The number of hydrogen-bond acceptors (Lipinski definition) is 1. The molecular formula is C18H26F14OSn. The van der Waals surface area contributed by atoms with Crippen LogP contribution in [-0.2, 0) is 4.74 Å². The SMILES string of the molecule is CCCCCOCCCCC.FC(F)(F)C(F)(F)C(F)(F)[CH2][Sn][CH2]C(F)(F)C(F)(F)C(F)(F)F. The second-order valence-corrected chi connectivity index (χ2v) is 10.6. The zero-order valence-electron chi connectivity index (χ0n) is 18.3. The molecule has 0 aliphatic heterocycles. The van der Waals surface area contributed by atoms with Gasteiger partial charge in [0.25, 0.3) is 0 Å². The maximum atomic E-state index is 12.7. The standard InChI is InChI=1S/C10H22O.2C4H2F7.Sn/c1-3-5-7-9-11-10-8-6-4-2;2*1-2(5,6)3(7,8)4(9,10)11;/h3-10H2,1-2H3;2*1H2;. The van der Waals surface area contributed by atoms with Gasteiger partial charge in [0.15, 0.2) is 0 Å². The van der Waals surface area contributed by atoms with E-state index in [9.17, 15) is 61.5 Å². The van der Waals surface area contributed by atoms with Gasteiger partial charge in [-0.2, -0.15) is 0 Å². The van der Waals surface area contributed by atoms with Gasteiger partial charge in [-0.1, -0.05) is 39.5 Å². The molecule has 0 unspecified atom stereocenters. The van der Waals surface area contributed by atoms with Crippen LogP contribution in [0.15, 0.2) is 0 Å². The van der Waals surface area contributed by atoms with Gasteiger partial charge in [0.1, 0.15) is 0 Å². The summed E-state index contributed by atoms with van der Waals surface area (Å²) in [6, 6.07) is 0. The van der Waals surface area contributed by atoms with Gasteiger partial charge in [-0.25, -0.2) is 0 Å². The van der Waals surface area contributed by atoms with Crippen LogP contribution < -0.4 is 0 Å². The summed E-state index contributed by atoms with van der Waals surface area (Å²) in [5, 5.41) is 0. The fourth-order valence-electron chi connectivity index (χ4n) is 2.02. The molecule has 0 heterocycles. The van der Waals surface area contributed by atoms with Crippen LogP contribution in [0.5, 0.6) is 0 Å². The Morgan fingerprint density at radius 2 is 0.794 bits per heavy atom. The van der Waals surface area contributed by atoms with Gasteiger partial charge in [-0.05, 0) is 12.8 Å². The van der Waals surface area contributed by atoms with Crippen molar-refractivity contribution in [1.82, 2.24) is 0 Å². The van der Waals surface area contributed by atoms with Crippen molar-refractivity contribution in [3.05, 3.63) is 0 Å². The molecule has 0 saturated heterocycles. The van der Waals surface area contributed by atoms with Crippen LogP contribution in [0.1, 0.15) is 52.4 Å². The molecule has 206 valence electrons. The molecule has 0 saturated carbocycles. The first-order valence-electron chi connectivity index (χ1n) is 10.1. The van der Waals surface area contributed by atoms with E-state index in [0.29, 0.717) is 0 Å². The van der Waals surface area contributed by atoms with Gasteiger partial charge in [-0.3, -0.25) is 0 Å². The van der Waals surface area contributed by atoms with Crippen molar-refractivity contribution in [2.75, 3.05) is 13.2 Å². The Bertz CT molecular complexity index is 500. The molecule has 0 spiro atoms. The van der Waals surface area contributed by atoms with E-state index in [1.807, 2.05) is 0 Å². The molecular weight excluding hydrogens is 617 g/mol. The van der Waals surface area contributed by atoms with Crippen molar-refractivity contribution < 1.29 is 66.2 Å². The van der Waals surface area contributed by atoms with E-state index in [0.717, 1.165) is 13.2 Å². The van der Waals surface area contributed by atoms with Crippen molar-refractivity contribution in [1.29, 1.82) is 0 Å². The van der Waals surface area contributed by atoms with Crippen LogP contribution in [-0.4, -0.2) is 70.4 Å².